The van der Waals surface area contributed by atoms with Gasteiger partial charge >= 0.3 is 5.97 Å². The highest BCUT2D eigenvalue weighted by atomic mass is 16.6. The number of anilines is 1. The summed E-state index contributed by atoms with van der Waals surface area (Å²) in [6.07, 6.45) is -1.05. The molecule has 0 aliphatic rings. The molecule has 1 atom stereocenters. The SMILES string of the molecule is Cc1c(C(=O)O[C@@H](C)C(=O)Nc2ccc(C(C)C)cc2)cccc1[N+](=O)[O-]. The maximum absolute atomic E-state index is 12.3. The second-order valence-corrected chi connectivity index (χ2v) is 6.52. The van der Waals surface area contributed by atoms with E-state index in [4.69, 9.17) is 4.74 Å². The van der Waals surface area contributed by atoms with Crippen molar-refractivity contribution in [2.45, 2.75) is 39.7 Å². The van der Waals surface area contributed by atoms with E-state index < -0.39 is 22.9 Å². The topological polar surface area (TPSA) is 98.5 Å². The van der Waals surface area contributed by atoms with Gasteiger partial charge in [0.2, 0.25) is 0 Å². The summed E-state index contributed by atoms with van der Waals surface area (Å²) in [6, 6.07) is 11.6. The number of nitrogens with one attached hydrogen (secondary N) is 1. The van der Waals surface area contributed by atoms with Gasteiger partial charge in [-0.3, -0.25) is 14.9 Å². The molecule has 0 unspecified atom stereocenters. The lowest BCUT2D eigenvalue weighted by molar-refractivity contribution is -0.385. The van der Waals surface area contributed by atoms with E-state index in [-0.39, 0.29) is 16.8 Å². The van der Waals surface area contributed by atoms with Gasteiger partial charge in [0.1, 0.15) is 0 Å². The van der Waals surface area contributed by atoms with Crippen molar-refractivity contribution in [2.24, 2.45) is 0 Å². The van der Waals surface area contributed by atoms with Crippen molar-refractivity contribution in [3.8, 4) is 0 Å². The third-order valence-corrected chi connectivity index (χ3v) is 4.22. The first kappa shape index (κ1) is 20.1. The lowest BCUT2D eigenvalue weighted by Gasteiger charge is -2.15. The van der Waals surface area contributed by atoms with Gasteiger partial charge in [-0.2, -0.15) is 0 Å². The summed E-state index contributed by atoms with van der Waals surface area (Å²) in [4.78, 5) is 35.0. The lowest BCUT2D eigenvalue weighted by atomic mass is 10.0. The molecule has 0 saturated carbocycles. The molecule has 0 heterocycles. The number of benzene rings is 2. The van der Waals surface area contributed by atoms with Crippen molar-refractivity contribution in [2.75, 3.05) is 5.32 Å². The third kappa shape index (κ3) is 4.91. The lowest BCUT2D eigenvalue weighted by Crippen LogP contribution is -2.30. The Hall–Kier alpha value is -3.22. The number of carbonyl (C=O) groups is 2. The van der Waals surface area contributed by atoms with E-state index in [1.165, 1.54) is 32.0 Å². The Kier molecular flexibility index (Phi) is 6.28. The average Bonchev–Trinajstić information content (AvgIpc) is 2.61. The fourth-order valence-corrected chi connectivity index (χ4v) is 2.52. The van der Waals surface area contributed by atoms with Crippen LogP contribution in [0.2, 0.25) is 0 Å². The molecule has 0 aliphatic heterocycles. The number of hydrogen-bond acceptors (Lipinski definition) is 5. The first-order chi connectivity index (χ1) is 12.7. The third-order valence-electron chi connectivity index (χ3n) is 4.22. The molecule has 27 heavy (non-hydrogen) atoms. The first-order valence-electron chi connectivity index (χ1n) is 8.56. The fourth-order valence-electron chi connectivity index (χ4n) is 2.52. The number of hydrogen-bond donors (Lipinski definition) is 1. The molecule has 7 heteroatoms. The quantitative estimate of drug-likeness (QED) is 0.466. The van der Waals surface area contributed by atoms with E-state index >= 15 is 0 Å². The van der Waals surface area contributed by atoms with Gasteiger partial charge in [0.05, 0.1) is 10.5 Å². The number of nitro benzene ring substituents is 1. The Bertz CT molecular complexity index is 859. The highest BCUT2D eigenvalue weighted by Gasteiger charge is 2.23. The van der Waals surface area contributed by atoms with Crippen LogP contribution in [0.4, 0.5) is 11.4 Å². The van der Waals surface area contributed by atoms with E-state index in [9.17, 15) is 19.7 Å². The summed E-state index contributed by atoms with van der Waals surface area (Å²) < 4.78 is 5.17. The van der Waals surface area contributed by atoms with Gasteiger partial charge in [0.25, 0.3) is 11.6 Å². The minimum atomic E-state index is -1.05. The van der Waals surface area contributed by atoms with Crippen LogP contribution in [0.3, 0.4) is 0 Å². The van der Waals surface area contributed by atoms with Crippen molar-refractivity contribution >= 4 is 23.3 Å². The monoisotopic (exact) mass is 370 g/mol. The van der Waals surface area contributed by atoms with Gasteiger partial charge in [0.15, 0.2) is 6.10 Å². The van der Waals surface area contributed by atoms with Crippen molar-refractivity contribution < 1.29 is 19.2 Å². The predicted octanol–water partition coefficient (Wildman–Crippen LogP) is 4.21. The molecule has 2 aromatic rings. The van der Waals surface area contributed by atoms with Crippen LogP contribution in [0.5, 0.6) is 0 Å². The number of nitro groups is 1. The zero-order valence-corrected chi connectivity index (χ0v) is 15.7. The molecular formula is C20H22N2O5. The van der Waals surface area contributed by atoms with Crippen LogP contribution in [0.25, 0.3) is 0 Å². The molecule has 1 N–H and O–H groups in total. The Morgan fingerprint density at radius 2 is 1.70 bits per heavy atom. The standard InChI is InChI=1S/C20H22N2O5/c1-12(2)15-8-10-16(11-9-15)21-19(23)14(4)27-20(24)17-6-5-7-18(13(17)3)22(25)26/h5-12,14H,1-4H3,(H,21,23)/t14-/m0/s1. The number of rotatable bonds is 6. The molecule has 0 spiro atoms. The minimum Gasteiger partial charge on any atom is -0.449 e. The van der Waals surface area contributed by atoms with Crippen molar-refractivity contribution in [3.63, 3.8) is 0 Å². The van der Waals surface area contributed by atoms with Crippen LogP contribution in [0.1, 0.15) is 48.2 Å². The van der Waals surface area contributed by atoms with Crippen LogP contribution in [0, 0.1) is 17.0 Å². The maximum Gasteiger partial charge on any atom is 0.339 e. The molecule has 7 nitrogen and oxygen atoms in total. The number of nitrogens with zero attached hydrogens (tertiary/aromatic N) is 1. The Morgan fingerprint density at radius 3 is 2.26 bits per heavy atom. The van der Waals surface area contributed by atoms with Crippen LogP contribution < -0.4 is 5.32 Å². The summed E-state index contributed by atoms with van der Waals surface area (Å²) in [6.45, 7) is 7.06. The summed E-state index contributed by atoms with van der Waals surface area (Å²) in [5.41, 5.74) is 1.83. The number of amides is 1. The van der Waals surface area contributed by atoms with Crippen molar-refractivity contribution in [3.05, 3.63) is 69.3 Å². The van der Waals surface area contributed by atoms with Crippen LogP contribution in [0.15, 0.2) is 42.5 Å². The molecule has 0 bridgehead atoms. The molecule has 0 saturated heterocycles. The van der Waals surface area contributed by atoms with E-state index in [1.54, 1.807) is 12.1 Å². The zero-order valence-electron chi connectivity index (χ0n) is 15.7. The number of esters is 1. The molecule has 0 aromatic heterocycles. The largest absolute Gasteiger partial charge is 0.449 e. The smallest absolute Gasteiger partial charge is 0.339 e. The molecule has 1 amide bonds. The van der Waals surface area contributed by atoms with E-state index in [1.807, 2.05) is 12.1 Å². The zero-order chi connectivity index (χ0) is 20.1. The molecule has 0 fully saturated rings. The van der Waals surface area contributed by atoms with Gasteiger partial charge < -0.3 is 10.1 Å². The van der Waals surface area contributed by atoms with Crippen molar-refractivity contribution in [1.29, 1.82) is 0 Å². The average molecular weight is 370 g/mol. The Morgan fingerprint density at radius 1 is 1.07 bits per heavy atom. The summed E-state index contributed by atoms with van der Waals surface area (Å²) >= 11 is 0. The Balaban J connectivity index is 2.04. The van der Waals surface area contributed by atoms with Gasteiger partial charge in [0, 0.05) is 17.3 Å². The fraction of sp³-hybridized carbons (Fsp3) is 0.300. The second kappa shape index (κ2) is 8.44. The van der Waals surface area contributed by atoms with Gasteiger partial charge in [-0.25, -0.2) is 4.79 Å². The molecule has 2 rings (SSSR count). The van der Waals surface area contributed by atoms with Crippen LogP contribution in [-0.4, -0.2) is 22.9 Å². The predicted molar refractivity (Wildman–Crippen MR) is 102 cm³/mol. The highest BCUT2D eigenvalue weighted by molar-refractivity contribution is 5.98. The van der Waals surface area contributed by atoms with E-state index in [0.29, 0.717) is 11.6 Å². The highest BCUT2D eigenvalue weighted by Crippen LogP contribution is 2.22. The van der Waals surface area contributed by atoms with E-state index in [2.05, 4.69) is 19.2 Å². The van der Waals surface area contributed by atoms with Crippen molar-refractivity contribution in [1.82, 2.24) is 0 Å². The molecule has 0 aliphatic carbocycles. The second-order valence-electron chi connectivity index (χ2n) is 6.52. The number of carbonyl (C=O) groups excluding carboxylic acids is 2. The van der Waals surface area contributed by atoms with Crippen LogP contribution >= 0.6 is 0 Å². The number of ether oxygens (including phenoxy) is 1. The maximum atomic E-state index is 12.3. The first-order valence-corrected chi connectivity index (χ1v) is 8.56. The van der Waals surface area contributed by atoms with Gasteiger partial charge in [-0.1, -0.05) is 32.0 Å². The van der Waals surface area contributed by atoms with Crippen LogP contribution in [-0.2, 0) is 9.53 Å². The summed E-state index contributed by atoms with van der Waals surface area (Å²) in [7, 11) is 0. The Labute approximate surface area is 157 Å². The summed E-state index contributed by atoms with van der Waals surface area (Å²) in [5, 5.41) is 13.7. The molecule has 2 aromatic carbocycles. The summed E-state index contributed by atoms with van der Waals surface area (Å²) in [5.74, 6) is -0.884. The minimum absolute atomic E-state index is 0.0603. The van der Waals surface area contributed by atoms with E-state index in [0.717, 1.165) is 5.56 Å². The molecule has 142 valence electrons. The normalized spacial score (nSPS) is 11.7. The molecular weight excluding hydrogens is 348 g/mol. The van der Waals surface area contributed by atoms with Gasteiger partial charge in [-0.05, 0) is 43.5 Å². The molecule has 0 radical (unpaired) electrons. The van der Waals surface area contributed by atoms with Gasteiger partial charge in [-0.15, -0.1) is 0 Å².